The molecule has 3 rings (SSSR count). The molecule has 1 fully saturated rings. The zero-order chi connectivity index (χ0) is 16.3. The van der Waals surface area contributed by atoms with Crippen molar-refractivity contribution in [2.75, 3.05) is 0 Å². The number of hydrogen-bond acceptors (Lipinski definition) is 5. The van der Waals surface area contributed by atoms with Crippen LogP contribution in [0.4, 0.5) is 0 Å². The number of nitrogens with one attached hydrogen (secondary N) is 1. The molecule has 2 aromatic rings. The van der Waals surface area contributed by atoms with Gasteiger partial charge in [0.15, 0.2) is 0 Å². The van der Waals surface area contributed by atoms with E-state index in [1.807, 2.05) is 12.1 Å². The van der Waals surface area contributed by atoms with Crippen molar-refractivity contribution >= 4 is 17.5 Å². The fraction of sp³-hybridized carbons (Fsp3) is 0.400. The molecule has 8 heteroatoms. The Hall–Kier alpha value is -2.46. The van der Waals surface area contributed by atoms with Crippen LogP contribution in [0.3, 0.4) is 0 Å². The lowest BCUT2D eigenvalue weighted by Gasteiger charge is -2.21. The van der Waals surface area contributed by atoms with E-state index >= 15 is 0 Å². The van der Waals surface area contributed by atoms with Gasteiger partial charge in [0.05, 0.1) is 11.1 Å². The lowest BCUT2D eigenvalue weighted by atomic mass is 10.00. The largest absolute Gasteiger partial charge is 0.336 e. The highest BCUT2D eigenvalue weighted by Gasteiger charge is 2.35. The molecule has 7 nitrogen and oxygen atoms in total. The molecule has 0 bridgehead atoms. The second-order valence-electron chi connectivity index (χ2n) is 5.57. The Morgan fingerprint density at radius 1 is 1.39 bits per heavy atom. The number of benzene rings is 1. The van der Waals surface area contributed by atoms with Gasteiger partial charge < -0.3 is 5.32 Å². The van der Waals surface area contributed by atoms with Crippen molar-refractivity contribution in [1.82, 2.24) is 25.5 Å². The molecule has 1 N–H and O–H groups in total. The first-order chi connectivity index (χ1) is 11.1. The molecule has 0 saturated heterocycles. The van der Waals surface area contributed by atoms with Crippen LogP contribution in [0.15, 0.2) is 24.3 Å². The molecular formula is C15H15ClN6O. The van der Waals surface area contributed by atoms with Gasteiger partial charge in [-0.1, -0.05) is 23.7 Å². The lowest BCUT2D eigenvalue weighted by Crippen LogP contribution is -2.46. The normalized spacial score (nSPS) is 16.0. The molecule has 1 heterocycles. The van der Waals surface area contributed by atoms with E-state index in [1.165, 1.54) is 4.80 Å². The Labute approximate surface area is 138 Å². The Morgan fingerprint density at radius 2 is 2.13 bits per heavy atom. The van der Waals surface area contributed by atoms with Crippen molar-refractivity contribution in [3.05, 3.63) is 29.3 Å². The average Bonchev–Trinajstić information content (AvgIpc) is 3.18. The third-order valence-electron chi connectivity index (χ3n) is 3.90. The fourth-order valence-electron chi connectivity index (χ4n) is 2.74. The number of aromatic nitrogens is 4. The number of rotatable bonds is 4. The van der Waals surface area contributed by atoms with Crippen LogP contribution in [-0.2, 0) is 11.3 Å². The van der Waals surface area contributed by atoms with Crippen LogP contribution in [0.2, 0.25) is 5.02 Å². The van der Waals surface area contributed by atoms with Gasteiger partial charge in [-0.25, -0.2) is 0 Å². The monoisotopic (exact) mass is 330 g/mol. The molecule has 1 amide bonds. The van der Waals surface area contributed by atoms with E-state index < -0.39 is 5.54 Å². The van der Waals surface area contributed by atoms with E-state index in [0.29, 0.717) is 29.3 Å². The number of nitriles is 1. The van der Waals surface area contributed by atoms with E-state index in [0.717, 1.165) is 12.8 Å². The molecule has 0 atom stereocenters. The van der Waals surface area contributed by atoms with Gasteiger partial charge in [0.1, 0.15) is 12.1 Å². The van der Waals surface area contributed by atoms with Gasteiger partial charge in [-0.15, -0.1) is 10.2 Å². The summed E-state index contributed by atoms with van der Waals surface area (Å²) < 4.78 is 0. The summed E-state index contributed by atoms with van der Waals surface area (Å²) in [5.74, 6) is 0.0656. The standard InChI is InChI=1S/C15H15ClN6O/c16-12-6-2-1-5-11(12)14-19-21-22(20-14)9-13(23)18-15(10-17)7-3-4-8-15/h1-2,5-6H,3-4,7-9H2,(H,18,23). The molecule has 1 saturated carbocycles. The van der Waals surface area contributed by atoms with Crippen molar-refractivity contribution in [2.45, 2.75) is 37.8 Å². The quantitative estimate of drug-likeness (QED) is 0.924. The van der Waals surface area contributed by atoms with Crippen molar-refractivity contribution in [1.29, 1.82) is 5.26 Å². The van der Waals surface area contributed by atoms with Gasteiger partial charge in [0.25, 0.3) is 0 Å². The second-order valence-corrected chi connectivity index (χ2v) is 5.98. The van der Waals surface area contributed by atoms with Crippen molar-refractivity contribution in [3.8, 4) is 17.5 Å². The SMILES string of the molecule is N#CC1(NC(=O)Cn2nnc(-c3ccccc3Cl)n2)CCCC1. The van der Waals surface area contributed by atoms with Crippen LogP contribution in [0, 0.1) is 11.3 Å². The second kappa shape index (κ2) is 6.34. The number of nitrogens with zero attached hydrogens (tertiary/aromatic N) is 5. The van der Waals surface area contributed by atoms with E-state index in [1.54, 1.807) is 12.1 Å². The molecule has 118 valence electrons. The third kappa shape index (κ3) is 3.32. The number of hydrogen-bond donors (Lipinski definition) is 1. The maximum atomic E-state index is 12.1. The zero-order valence-corrected chi connectivity index (χ0v) is 13.1. The Bertz CT molecular complexity index is 759. The molecule has 1 aliphatic carbocycles. The first-order valence-corrected chi connectivity index (χ1v) is 7.75. The van der Waals surface area contributed by atoms with Crippen LogP contribution in [0.5, 0.6) is 0 Å². The Balaban J connectivity index is 1.69. The summed E-state index contributed by atoms with van der Waals surface area (Å²) in [6.45, 7) is -0.0825. The summed E-state index contributed by atoms with van der Waals surface area (Å²) in [4.78, 5) is 13.3. The van der Waals surface area contributed by atoms with Crippen LogP contribution in [-0.4, -0.2) is 31.7 Å². The van der Waals surface area contributed by atoms with Gasteiger partial charge >= 0.3 is 0 Å². The topological polar surface area (TPSA) is 96.5 Å². The number of amides is 1. The predicted molar refractivity (Wildman–Crippen MR) is 83.2 cm³/mol. The molecule has 0 unspecified atom stereocenters. The molecule has 0 aliphatic heterocycles. The van der Waals surface area contributed by atoms with Gasteiger partial charge in [-0.2, -0.15) is 10.1 Å². The Morgan fingerprint density at radius 3 is 2.83 bits per heavy atom. The number of carbonyl (C=O) groups is 1. The zero-order valence-electron chi connectivity index (χ0n) is 12.4. The maximum absolute atomic E-state index is 12.1. The molecule has 1 aromatic carbocycles. The minimum absolute atomic E-state index is 0.0825. The first kappa shape index (κ1) is 15.4. The van der Waals surface area contributed by atoms with Gasteiger partial charge in [-0.3, -0.25) is 4.79 Å². The molecule has 23 heavy (non-hydrogen) atoms. The van der Waals surface area contributed by atoms with Gasteiger partial charge in [0.2, 0.25) is 11.7 Å². The van der Waals surface area contributed by atoms with Crippen LogP contribution >= 0.6 is 11.6 Å². The highest BCUT2D eigenvalue weighted by atomic mass is 35.5. The highest BCUT2D eigenvalue weighted by Crippen LogP contribution is 2.28. The minimum atomic E-state index is -0.747. The van der Waals surface area contributed by atoms with E-state index in [2.05, 4.69) is 26.8 Å². The van der Waals surface area contributed by atoms with Crippen molar-refractivity contribution < 1.29 is 4.79 Å². The molecule has 0 spiro atoms. The summed E-state index contributed by atoms with van der Waals surface area (Å²) in [5, 5.41) is 24.6. The molecule has 0 radical (unpaired) electrons. The first-order valence-electron chi connectivity index (χ1n) is 7.37. The van der Waals surface area contributed by atoms with Crippen LogP contribution < -0.4 is 5.32 Å². The number of halogens is 1. The summed E-state index contributed by atoms with van der Waals surface area (Å²) in [6, 6.07) is 9.38. The summed E-state index contributed by atoms with van der Waals surface area (Å²) >= 11 is 6.09. The van der Waals surface area contributed by atoms with Gasteiger partial charge in [-0.05, 0) is 43.0 Å². The highest BCUT2D eigenvalue weighted by molar-refractivity contribution is 6.33. The smallest absolute Gasteiger partial charge is 0.244 e. The Kier molecular flexibility index (Phi) is 4.26. The fourth-order valence-corrected chi connectivity index (χ4v) is 2.96. The van der Waals surface area contributed by atoms with E-state index in [9.17, 15) is 10.1 Å². The summed E-state index contributed by atoms with van der Waals surface area (Å²) in [5.41, 5.74) is -0.0893. The van der Waals surface area contributed by atoms with Crippen molar-refractivity contribution in [3.63, 3.8) is 0 Å². The van der Waals surface area contributed by atoms with Crippen LogP contribution in [0.25, 0.3) is 11.4 Å². The van der Waals surface area contributed by atoms with Crippen molar-refractivity contribution in [2.24, 2.45) is 0 Å². The third-order valence-corrected chi connectivity index (χ3v) is 4.23. The van der Waals surface area contributed by atoms with E-state index in [-0.39, 0.29) is 12.5 Å². The maximum Gasteiger partial charge on any atom is 0.244 e. The molecule has 1 aromatic heterocycles. The lowest BCUT2D eigenvalue weighted by molar-refractivity contribution is -0.123. The molecule has 1 aliphatic rings. The van der Waals surface area contributed by atoms with Crippen LogP contribution in [0.1, 0.15) is 25.7 Å². The number of carbonyl (C=O) groups excluding carboxylic acids is 1. The predicted octanol–water partition coefficient (Wildman–Crippen LogP) is 1.95. The summed E-state index contributed by atoms with van der Waals surface area (Å²) in [7, 11) is 0. The molecular weight excluding hydrogens is 316 g/mol. The summed E-state index contributed by atoms with van der Waals surface area (Å²) in [6.07, 6.45) is 3.27. The minimum Gasteiger partial charge on any atom is -0.336 e. The van der Waals surface area contributed by atoms with Gasteiger partial charge in [0, 0.05) is 5.56 Å². The van der Waals surface area contributed by atoms with E-state index in [4.69, 9.17) is 11.6 Å². The number of tetrazole rings is 1. The average molecular weight is 331 g/mol.